The first-order chi connectivity index (χ1) is 16.9. The van der Waals surface area contributed by atoms with Gasteiger partial charge in [0.05, 0.1) is 51.1 Å². The molecule has 0 aliphatic carbocycles. The van der Waals surface area contributed by atoms with Gasteiger partial charge in [0.15, 0.2) is 0 Å². The predicted molar refractivity (Wildman–Crippen MR) is 130 cm³/mol. The summed E-state index contributed by atoms with van der Waals surface area (Å²) < 4.78 is 16.6. The van der Waals surface area contributed by atoms with Gasteiger partial charge in [0.2, 0.25) is 11.8 Å². The monoisotopic (exact) mass is 496 g/mol. The van der Waals surface area contributed by atoms with Crippen LogP contribution in [0.5, 0.6) is 0 Å². The molecule has 0 spiro atoms. The molecular weight excluding hydrogens is 456 g/mol. The minimum atomic E-state index is -0.604. The maximum Gasteiger partial charge on any atom is 0.251 e. The Bertz CT molecular complexity index is 725. The zero-order chi connectivity index (χ0) is 25.5. The Morgan fingerprint density at radius 2 is 1.71 bits per heavy atom. The van der Waals surface area contributed by atoms with Gasteiger partial charge in [-0.15, -0.1) is 0 Å². The molecule has 0 aromatic rings. The Morgan fingerprint density at radius 3 is 2.29 bits per heavy atom. The van der Waals surface area contributed by atoms with Crippen LogP contribution in [0.4, 0.5) is 0 Å². The number of hydrogen-bond acceptors (Lipinski definition) is 9. The largest absolute Gasteiger partial charge is 0.387 e. The lowest BCUT2D eigenvalue weighted by Crippen LogP contribution is -2.42. The molecule has 2 aliphatic rings. The molecule has 0 saturated carbocycles. The lowest BCUT2D eigenvalue weighted by Gasteiger charge is -2.32. The van der Waals surface area contributed by atoms with E-state index in [1.165, 1.54) is 6.20 Å². The van der Waals surface area contributed by atoms with Gasteiger partial charge in [-0.25, -0.2) is 0 Å². The Hall–Kier alpha value is -2.54. The van der Waals surface area contributed by atoms with Crippen LogP contribution in [0, 0.1) is 11.3 Å². The maximum atomic E-state index is 12.0. The summed E-state index contributed by atoms with van der Waals surface area (Å²) in [6.45, 7) is 6.59. The number of nitrogens with one attached hydrogen (secondary N) is 3. The van der Waals surface area contributed by atoms with E-state index in [0.717, 1.165) is 38.7 Å². The van der Waals surface area contributed by atoms with Crippen LogP contribution in [-0.2, 0) is 28.6 Å². The van der Waals surface area contributed by atoms with Crippen molar-refractivity contribution in [2.75, 3.05) is 79.4 Å². The SMILES string of the molecule is CN1CC(C(=O)NCCOCCOCCOCCN2CCC(N/C=C(\C=N)C(N)=O)CC2)CC1=O. The molecular formula is C23H40N6O6. The molecule has 0 aromatic heterocycles. The average molecular weight is 497 g/mol. The smallest absolute Gasteiger partial charge is 0.251 e. The normalized spacial score (nSPS) is 19.7. The van der Waals surface area contributed by atoms with E-state index in [9.17, 15) is 14.4 Å². The number of amides is 3. The summed E-state index contributed by atoms with van der Waals surface area (Å²) in [4.78, 5) is 38.5. The number of piperidine rings is 1. The second-order valence-corrected chi connectivity index (χ2v) is 8.69. The van der Waals surface area contributed by atoms with Gasteiger partial charge in [0.25, 0.3) is 5.91 Å². The standard InChI is InChI=1S/C23H40N6O6/c1-28-17-18(14-21(28)30)23(32)26-4-8-33-10-12-35-13-11-34-9-7-29-5-2-20(3-6-29)27-16-19(15-24)22(25)31/h15-16,18,20,24,27H,2-14,17H2,1H3,(H2,25,31)(H,26,32)/b19-16+,24-15?. The first kappa shape index (κ1) is 28.7. The van der Waals surface area contributed by atoms with Crippen molar-refractivity contribution in [3.63, 3.8) is 0 Å². The number of ether oxygens (including phenoxy) is 3. The van der Waals surface area contributed by atoms with Crippen molar-refractivity contribution in [2.45, 2.75) is 25.3 Å². The van der Waals surface area contributed by atoms with Crippen molar-refractivity contribution in [3.8, 4) is 0 Å². The van der Waals surface area contributed by atoms with Crippen LogP contribution < -0.4 is 16.4 Å². The second-order valence-electron chi connectivity index (χ2n) is 8.69. The second kappa shape index (κ2) is 16.2. The molecule has 0 bridgehead atoms. The topological polar surface area (TPSA) is 159 Å². The summed E-state index contributed by atoms with van der Waals surface area (Å²) >= 11 is 0. The van der Waals surface area contributed by atoms with Crippen LogP contribution in [0.3, 0.4) is 0 Å². The molecule has 198 valence electrons. The Balaban J connectivity index is 1.35. The van der Waals surface area contributed by atoms with E-state index in [0.29, 0.717) is 52.7 Å². The summed E-state index contributed by atoms with van der Waals surface area (Å²) in [7, 11) is 1.71. The lowest BCUT2D eigenvalue weighted by atomic mass is 10.1. The van der Waals surface area contributed by atoms with Crippen molar-refractivity contribution in [1.29, 1.82) is 5.41 Å². The molecule has 2 aliphatic heterocycles. The van der Waals surface area contributed by atoms with Gasteiger partial charge in [0.1, 0.15) is 0 Å². The first-order valence-corrected chi connectivity index (χ1v) is 12.1. The lowest BCUT2D eigenvalue weighted by molar-refractivity contribution is -0.128. The molecule has 12 heteroatoms. The van der Waals surface area contributed by atoms with Crippen LogP contribution in [0.25, 0.3) is 0 Å². The molecule has 2 fully saturated rings. The van der Waals surface area contributed by atoms with Gasteiger partial charge in [-0.2, -0.15) is 0 Å². The van der Waals surface area contributed by atoms with E-state index in [1.54, 1.807) is 11.9 Å². The Labute approximate surface area is 207 Å². The van der Waals surface area contributed by atoms with Gasteiger partial charge in [-0.1, -0.05) is 0 Å². The third kappa shape index (κ3) is 11.2. The van der Waals surface area contributed by atoms with Gasteiger partial charge in [0, 0.05) is 64.6 Å². The number of hydrogen-bond donors (Lipinski definition) is 4. The van der Waals surface area contributed by atoms with E-state index in [-0.39, 0.29) is 35.8 Å². The summed E-state index contributed by atoms with van der Waals surface area (Å²) in [6.07, 6.45) is 4.67. The predicted octanol–water partition coefficient (Wildman–Crippen LogP) is -1.30. The fraction of sp³-hybridized carbons (Fsp3) is 0.739. The molecule has 12 nitrogen and oxygen atoms in total. The highest BCUT2D eigenvalue weighted by Gasteiger charge is 2.31. The quantitative estimate of drug-likeness (QED) is 0.110. The number of nitrogens with two attached hydrogens (primary N) is 1. The summed E-state index contributed by atoms with van der Waals surface area (Å²) in [6, 6.07) is 0.272. The average Bonchev–Trinajstić information content (AvgIpc) is 3.19. The van der Waals surface area contributed by atoms with Crippen LogP contribution in [0.15, 0.2) is 11.8 Å². The Morgan fingerprint density at radius 1 is 1.09 bits per heavy atom. The van der Waals surface area contributed by atoms with Crippen LogP contribution in [-0.4, -0.2) is 119 Å². The van der Waals surface area contributed by atoms with Gasteiger partial charge >= 0.3 is 0 Å². The van der Waals surface area contributed by atoms with Crippen molar-refractivity contribution in [3.05, 3.63) is 11.8 Å². The minimum Gasteiger partial charge on any atom is -0.387 e. The van der Waals surface area contributed by atoms with E-state index >= 15 is 0 Å². The van der Waals surface area contributed by atoms with Gasteiger partial charge in [-0.3, -0.25) is 14.4 Å². The molecule has 35 heavy (non-hydrogen) atoms. The maximum absolute atomic E-state index is 12.0. The molecule has 2 heterocycles. The molecule has 0 radical (unpaired) electrons. The highest BCUT2D eigenvalue weighted by molar-refractivity contribution is 6.10. The van der Waals surface area contributed by atoms with E-state index in [4.69, 9.17) is 25.4 Å². The molecule has 5 N–H and O–H groups in total. The number of carbonyl (C=O) groups is 3. The number of carbonyl (C=O) groups excluding carboxylic acids is 3. The van der Waals surface area contributed by atoms with Crippen LogP contribution in [0.2, 0.25) is 0 Å². The molecule has 2 rings (SSSR count). The van der Waals surface area contributed by atoms with Crippen molar-refractivity contribution in [2.24, 2.45) is 11.7 Å². The molecule has 3 amide bonds. The van der Waals surface area contributed by atoms with E-state index < -0.39 is 5.91 Å². The van der Waals surface area contributed by atoms with Crippen molar-refractivity contribution < 1.29 is 28.6 Å². The fourth-order valence-electron chi connectivity index (χ4n) is 3.88. The molecule has 0 aromatic carbocycles. The summed E-state index contributed by atoms with van der Waals surface area (Å²) in [5.74, 6) is -0.964. The zero-order valence-corrected chi connectivity index (χ0v) is 20.6. The number of primary amides is 1. The third-order valence-corrected chi connectivity index (χ3v) is 6.06. The van der Waals surface area contributed by atoms with Gasteiger partial charge in [-0.05, 0) is 12.8 Å². The number of likely N-dealkylation sites (tertiary alicyclic amines) is 2. The van der Waals surface area contributed by atoms with Gasteiger partial charge < -0.3 is 45.8 Å². The van der Waals surface area contributed by atoms with Crippen molar-refractivity contribution >= 4 is 23.9 Å². The van der Waals surface area contributed by atoms with Crippen LogP contribution >= 0.6 is 0 Å². The van der Waals surface area contributed by atoms with Crippen LogP contribution in [0.1, 0.15) is 19.3 Å². The summed E-state index contributed by atoms with van der Waals surface area (Å²) in [5, 5.41) is 13.1. The third-order valence-electron chi connectivity index (χ3n) is 6.06. The fourth-order valence-corrected chi connectivity index (χ4v) is 3.88. The highest BCUT2D eigenvalue weighted by atomic mass is 16.5. The zero-order valence-electron chi connectivity index (χ0n) is 20.6. The highest BCUT2D eigenvalue weighted by Crippen LogP contribution is 2.15. The molecule has 2 saturated heterocycles. The summed E-state index contributed by atoms with van der Waals surface area (Å²) in [5.41, 5.74) is 5.36. The molecule has 1 unspecified atom stereocenters. The van der Waals surface area contributed by atoms with E-state index in [2.05, 4.69) is 15.5 Å². The first-order valence-electron chi connectivity index (χ1n) is 12.1. The van der Waals surface area contributed by atoms with Crippen molar-refractivity contribution in [1.82, 2.24) is 20.4 Å². The number of rotatable bonds is 17. The minimum absolute atomic E-state index is 0.00653. The molecule has 1 atom stereocenters. The van der Waals surface area contributed by atoms with E-state index in [1.807, 2.05) is 0 Å². The number of nitrogens with zero attached hydrogens (tertiary/aromatic N) is 2. The Kier molecular flexibility index (Phi) is 13.3.